The molecule has 2 N–H and O–H groups in total. The Hall–Kier alpha value is -2.92. The molecule has 0 aliphatic heterocycles. The van der Waals surface area contributed by atoms with Crippen LogP contribution in [0.15, 0.2) is 44.8 Å². The molecule has 0 aliphatic carbocycles. The van der Waals surface area contributed by atoms with Crippen molar-refractivity contribution in [2.24, 2.45) is 14.1 Å². The Morgan fingerprint density at radius 2 is 1.62 bits per heavy atom. The van der Waals surface area contributed by atoms with Crippen molar-refractivity contribution >= 4 is 21.7 Å². The SMILES string of the molecule is CN(C)S(=O)(=O)c1ccc(C(=O)NNc2cc(=O)n(C)c(=O)n2C)cc1. The quantitative estimate of drug-likeness (QED) is 0.647. The van der Waals surface area contributed by atoms with E-state index in [1.54, 1.807) is 0 Å². The monoisotopic (exact) mass is 381 g/mol. The van der Waals surface area contributed by atoms with Crippen LogP contribution in [0.1, 0.15) is 10.4 Å². The zero-order chi connectivity index (χ0) is 19.6. The highest BCUT2D eigenvalue weighted by atomic mass is 32.2. The molecule has 0 fully saturated rings. The van der Waals surface area contributed by atoms with Gasteiger partial charge in [-0.05, 0) is 24.3 Å². The molecular weight excluding hydrogens is 362 g/mol. The number of amides is 1. The molecule has 26 heavy (non-hydrogen) atoms. The van der Waals surface area contributed by atoms with Crippen LogP contribution in [0.3, 0.4) is 0 Å². The van der Waals surface area contributed by atoms with Crippen LogP contribution < -0.4 is 22.1 Å². The molecule has 1 aromatic heterocycles. The Balaban J connectivity index is 2.17. The number of nitrogens with zero attached hydrogens (tertiary/aromatic N) is 3. The average molecular weight is 381 g/mol. The maximum Gasteiger partial charge on any atom is 0.332 e. The molecule has 11 heteroatoms. The molecule has 0 saturated heterocycles. The lowest BCUT2D eigenvalue weighted by atomic mass is 10.2. The van der Waals surface area contributed by atoms with Crippen molar-refractivity contribution in [3.05, 3.63) is 56.7 Å². The van der Waals surface area contributed by atoms with E-state index in [9.17, 15) is 22.8 Å². The summed E-state index contributed by atoms with van der Waals surface area (Å²) in [5, 5.41) is 0. The van der Waals surface area contributed by atoms with Gasteiger partial charge in [-0.3, -0.25) is 29.6 Å². The fraction of sp³-hybridized carbons (Fsp3) is 0.267. The normalized spacial score (nSPS) is 11.4. The zero-order valence-corrected chi connectivity index (χ0v) is 15.5. The van der Waals surface area contributed by atoms with Gasteiger partial charge in [-0.25, -0.2) is 17.5 Å². The van der Waals surface area contributed by atoms with Gasteiger partial charge in [0.05, 0.1) is 4.90 Å². The molecule has 0 spiro atoms. The van der Waals surface area contributed by atoms with Gasteiger partial charge in [-0.15, -0.1) is 0 Å². The predicted octanol–water partition coefficient (Wildman–Crippen LogP) is -0.909. The van der Waals surface area contributed by atoms with Gasteiger partial charge in [0, 0.05) is 39.8 Å². The highest BCUT2D eigenvalue weighted by molar-refractivity contribution is 7.89. The maximum absolute atomic E-state index is 12.2. The molecule has 0 radical (unpaired) electrons. The number of anilines is 1. The number of hydrazine groups is 1. The summed E-state index contributed by atoms with van der Waals surface area (Å²) in [5.41, 5.74) is 3.99. The minimum Gasteiger partial charge on any atom is -0.283 e. The third-order valence-electron chi connectivity index (χ3n) is 3.73. The van der Waals surface area contributed by atoms with Crippen LogP contribution in [-0.4, -0.2) is 41.9 Å². The van der Waals surface area contributed by atoms with Crippen molar-refractivity contribution in [3.8, 4) is 0 Å². The summed E-state index contributed by atoms with van der Waals surface area (Å²) in [6.45, 7) is 0. The van der Waals surface area contributed by atoms with Gasteiger partial charge in [-0.2, -0.15) is 0 Å². The number of carbonyl (C=O) groups is 1. The first-order chi connectivity index (χ1) is 12.1. The van der Waals surface area contributed by atoms with Crippen molar-refractivity contribution in [2.75, 3.05) is 19.5 Å². The molecule has 0 atom stereocenters. The summed E-state index contributed by atoms with van der Waals surface area (Å²) >= 11 is 0. The molecule has 0 unspecified atom stereocenters. The summed E-state index contributed by atoms with van der Waals surface area (Å²) < 4.78 is 27.2. The smallest absolute Gasteiger partial charge is 0.283 e. The van der Waals surface area contributed by atoms with Crippen molar-refractivity contribution in [1.29, 1.82) is 0 Å². The Morgan fingerprint density at radius 3 is 2.15 bits per heavy atom. The van der Waals surface area contributed by atoms with E-state index < -0.39 is 27.2 Å². The first kappa shape index (κ1) is 19.4. The number of nitrogens with one attached hydrogen (secondary N) is 2. The number of hydrogen-bond donors (Lipinski definition) is 2. The molecule has 1 heterocycles. The van der Waals surface area contributed by atoms with Crippen molar-refractivity contribution < 1.29 is 13.2 Å². The lowest BCUT2D eigenvalue weighted by molar-refractivity contribution is 0.0962. The van der Waals surface area contributed by atoms with Gasteiger partial charge >= 0.3 is 5.69 Å². The second-order valence-corrected chi connectivity index (χ2v) is 7.81. The first-order valence-electron chi connectivity index (χ1n) is 7.41. The average Bonchev–Trinajstić information content (AvgIpc) is 2.61. The number of carbonyl (C=O) groups excluding carboxylic acids is 1. The molecule has 1 amide bonds. The van der Waals surface area contributed by atoms with E-state index in [1.165, 1.54) is 52.5 Å². The molecule has 0 saturated carbocycles. The standard InChI is InChI=1S/C15H19N5O5S/c1-18(2)26(24,25)11-7-5-10(6-8-11)14(22)17-16-12-9-13(21)20(4)15(23)19(12)3/h5-9,16H,1-4H3,(H,17,22). The van der Waals surface area contributed by atoms with Crippen LogP contribution in [0.4, 0.5) is 5.82 Å². The summed E-state index contributed by atoms with van der Waals surface area (Å²) in [4.78, 5) is 35.7. The number of aromatic nitrogens is 2. The second-order valence-electron chi connectivity index (χ2n) is 5.66. The van der Waals surface area contributed by atoms with E-state index in [0.717, 1.165) is 19.5 Å². The molecule has 10 nitrogen and oxygen atoms in total. The Bertz CT molecular complexity index is 1050. The summed E-state index contributed by atoms with van der Waals surface area (Å²) in [6, 6.07) is 6.51. The van der Waals surface area contributed by atoms with Crippen LogP contribution >= 0.6 is 0 Å². The molecule has 140 valence electrons. The third-order valence-corrected chi connectivity index (χ3v) is 5.55. The van der Waals surface area contributed by atoms with Gasteiger partial charge in [0.2, 0.25) is 10.0 Å². The number of sulfonamides is 1. The predicted molar refractivity (Wildman–Crippen MR) is 95.3 cm³/mol. The number of hydrogen-bond acceptors (Lipinski definition) is 6. The fourth-order valence-electron chi connectivity index (χ4n) is 2.03. The largest absolute Gasteiger partial charge is 0.332 e. The summed E-state index contributed by atoms with van der Waals surface area (Å²) in [7, 11) is 2.02. The minimum absolute atomic E-state index is 0.0564. The maximum atomic E-state index is 12.2. The summed E-state index contributed by atoms with van der Waals surface area (Å²) in [5.74, 6) is -0.454. The highest BCUT2D eigenvalue weighted by Crippen LogP contribution is 2.14. The van der Waals surface area contributed by atoms with Crippen molar-refractivity contribution in [2.45, 2.75) is 4.90 Å². The van der Waals surface area contributed by atoms with Crippen LogP contribution in [0, 0.1) is 0 Å². The topological polar surface area (TPSA) is 123 Å². The lowest BCUT2D eigenvalue weighted by Gasteiger charge is -2.13. The van der Waals surface area contributed by atoms with E-state index in [1.807, 2.05) is 0 Å². The lowest BCUT2D eigenvalue weighted by Crippen LogP contribution is -2.40. The molecule has 2 aromatic rings. The van der Waals surface area contributed by atoms with Gasteiger partial charge in [0.15, 0.2) is 0 Å². The van der Waals surface area contributed by atoms with E-state index in [4.69, 9.17) is 0 Å². The van der Waals surface area contributed by atoms with Crippen molar-refractivity contribution in [1.82, 2.24) is 18.9 Å². The number of rotatable bonds is 5. The number of benzene rings is 1. The van der Waals surface area contributed by atoms with Crippen molar-refractivity contribution in [3.63, 3.8) is 0 Å². The zero-order valence-electron chi connectivity index (χ0n) is 14.7. The van der Waals surface area contributed by atoms with Crippen LogP contribution in [0.25, 0.3) is 0 Å². The molecule has 1 aromatic carbocycles. The minimum atomic E-state index is -3.58. The summed E-state index contributed by atoms with van der Waals surface area (Å²) in [6.07, 6.45) is 0. The Morgan fingerprint density at radius 1 is 1.04 bits per heavy atom. The molecular formula is C15H19N5O5S. The Labute approximate surface area is 149 Å². The second kappa shape index (κ2) is 7.14. The first-order valence-corrected chi connectivity index (χ1v) is 8.85. The van der Waals surface area contributed by atoms with E-state index in [0.29, 0.717) is 0 Å². The van der Waals surface area contributed by atoms with Crippen LogP contribution in [0.5, 0.6) is 0 Å². The molecule has 0 bridgehead atoms. The van der Waals surface area contributed by atoms with E-state index >= 15 is 0 Å². The van der Waals surface area contributed by atoms with Gasteiger partial charge in [0.25, 0.3) is 11.5 Å². The van der Waals surface area contributed by atoms with E-state index in [2.05, 4.69) is 10.9 Å². The fourth-order valence-corrected chi connectivity index (χ4v) is 2.94. The molecule has 0 aliphatic rings. The third kappa shape index (κ3) is 3.68. The Kier molecular flexibility index (Phi) is 5.33. The van der Waals surface area contributed by atoms with Crippen LogP contribution in [-0.2, 0) is 24.1 Å². The highest BCUT2D eigenvalue weighted by Gasteiger charge is 2.17. The van der Waals surface area contributed by atoms with Gasteiger partial charge in [0.1, 0.15) is 5.82 Å². The van der Waals surface area contributed by atoms with Crippen LogP contribution in [0.2, 0.25) is 0 Å². The van der Waals surface area contributed by atoms with E-state index in [-0.39, 0.29) is 16.3 Å². The van der Waals surface area contributed by atoms with Gasteiger partial charge < -0.3 is 0 Å². The molecule has 2 rings (SSSR count). The van der Waals surface area contributed by atoms with Gasteiger partial charge in [-0.1, -0.05) is 0 Å².